The van der Waals surface area contributed by atoms with E-state index in [1.54, 1.807) is 4.57 Å². The van der Waals surface area contributed by atoms with E-state index in [1.807, 2.05) is 0 Å². The van der Waals surface area contributed by atoms with Crippen LogP contribution in [0.1, 0.15) is 110 Å². The van der Waals surface area contributed by atoms with E-state index in [1.165, 1.54) is 103 Å². The van der Waals surface area contributed by atoms with Crippen molar-refractivity contribution >= 4 is 24.7 Å². The van der Waals surface area contributed by atoms with Crippen LogP contribution < -0.4 is 45.7 Å². The Morgan fingerprint density at radius 2 is 1.50 bits per heavy atom. The first-order valence-electron chi connectivity index (χ1n) is 16.2. The molecule has 0 saturated heterocycles. The number of unbranched alkanes of at least 4 members (excludes halogenated alkanes) is 15. The van der Waals surface area contributed by atoms with Crippen molar-refractivity contribution in [2.45, 2.75) is 122 Å². The van der Waals surface area contributed by atoms with E-state index in [4.69, 9.17) is 24.5 Å². The summed E-state index contributed by atoms with van der Waals surface area (Å²) in [4.78, 5) is 34.8. The zero-order valence-electron chi connectivity index (χ0n) is 27.4. The molecule has 44 heavy (non-hydrogen) atoms. The third-order valence-electron chi connectivity index (χ3n) is 7.37. The molecule has 0 bridgehead atoms. The summed E-state index contributed by atoms with van der Waals surface area (Å²) in [5.74, 6) is -0.0436. The summed E-state index contributed by atoms with van der Waals surface area (Å²) in [5, 5.41) is 0. The zero-order chi connectivity index (χ0) is 31.2. The number of fused-ring (bicyclic) bond motifs is 1. The summed E-state index contributed by atoms with van der Waals surface area (Å²) in [6, 6.07) is 0. The van der Waals surface area contributed by atoms with Crippen LogP contribution in [-0.2, 0) is 29.8 Å². The number of hydrogen-bond acceptors (Lipinski definition) is 10. The molecule has 3 N–H and O–H groups in total. The maximum absolute atomic E-state index is 12.3. The molecule has 2 atom stereocenters. The van der Waals surface area contributed by atoms with Crippen molar-refractivity contribution in [3.05, 3.63) is 16.7 Å². The third-order valence-corrected chi connectivity index (χ3v) is 8.41. The van der Waals surface area contributed by atoms with Crippen LogP contribution in [0.25, 0.3) is 11.2 Å². The number of aromatic nitrogens is 4. The van der Waals surface area contributed by atoms with Crippen LogP contribution in [0, 0.1) is 0 Å². The Balaban J connectivity index is 0.00000968. The molecule has 248 valence electrons. The molecule has 0 saturated carbocycles. The number of anilines is 1. The van der Waals surface area contributed by atoms with Gasteiger partial charge in [0.1, 0.15) is 6.35 Å². The Bertz CT molecular complexity index is 1100. The van der Waals surface area contributed by atoms with E-state index < -0.39 is 25.6 Å². The second kappa shape index (κ2) is 25.3. The molecule has 12 nitrogen and oxygen atoms in total. The molecule has 0 amide bonds. The quantitative estimate of drug-likeness (QED) is 0.0793. The average molecular weight is 652 g/mol. The standard InChI is InChI=1S/C30H56N5O7P.Na/c1-3-4-5-6-7-8-9-10-11-12-13-14-15-16-17-18-19-40-20-21-42-43(37,38)25-41-26(23-39-2)22-35-24-32-27-28(35)33-30(31)34-29(27)36;/h24,26H,3-23,25H2,1-2H3,(H,37,38)(H3,31,33,34,36);/q;+1/p-1/t26-;/m1./s1. The summed E-state index contributed by atoms with van der Waals surface area (Å²) in [6.45, 7) is 3.27. The maximum atomic E-state index is 12.3. The minimum Gasteiger partial charge on any atom is -0.777 e. The minimum absolute atomic E-state index is 0. The Labute approximate surface area is 285 Å². The van der Waals surface area contributed by atoms with Crippen molar-refractivity contribution in [3.63, 3.8) is 0 Å². The number of nitrogens with zero attached hydrogens (tertiary/aromatic N) is 3. The summed E-state index contributed by atoms with van der Waals surface area (Å²) in [7, 11) is -2.76. The van der Waals surface area contributed by atoms with Gasteiger partial charge in [-0.25, -0.2) is 4.98 Å². The van der Waals surface area contributed by atoms with E-state index in [0.29, 0.717) is 6.61 Å². The molecule has 0 radical (unpaired) electrons. The molecular formula is C30H55N5NaO7P. The number of imidazole rings is 1. The molecule has 0 aliphatic carbocycles. The van der Waals surface area contributed by atoms with Crippen LogP contribution in [0.2, 0.25) is 0 Å². The molecule has 2 rings (SSSR count). The summed E-state index contributed by atoms with van der Waals surface area (Å²) in [6.07, 6.45) is 21.2. The van der Waals surface area contributed by atoms with Crippen LogP contribution in [0.3, 0.4) is 0 Å². The van der Waals surface area contributed by atoms with Crippen LogP contribution >= 0.6 is 7.60 Å². The summed E-state index contributed by atoms with van der Waals surface area (Å²) >= 11 is 0. The van der Waals surface area contributed by atoms with E-state index in [0.717, 1.165) is 12.8 Å². The normalized spacial score (nSPS) is 13.6. The molecule has 2 heterocycles. The fourth-order valence-corrected chi connectivity index (χ4v) is 5.81. The van der Waals surface area contributed by atoms with E-state index in [-0.39, 0.29) is 73.0 Å². The average Bonchev–Trinajstić information content (AvgIpc) is 3.37. The van der Waals surface area contributed by atoms with E-state index in [9.17, 15) is 14.3 Å². The number of methoxy groups -OCH3 is 1. The zero-order valence-corrected chi connectivity index (χ0v) is 30.3. The predicted molar refractivity (Wildman–Crippen MR) is 168 cm³/mol. The SMILES string of the molecule is CCCCCCCCCCCCCCCCCCOCCOP(=O)([O-])CO[C@@H](COC)Cn1cnc2c(=O)[nH]c(N)nc21.[Na+]. The molecular weight excluding hydrogens is 596 g/mol. The van der Waals surface area contributed by atoms with Gasteiger partial charge in [0.05, 0.1) is 38.8 Å². The van der Waals surface area contributed by atoms with Crippen LogP contribution in [-0.4, -0.2) is 65.5 Å². The Morgan fingerprint density at radius 3 is 2.07 bits per heavy atom. The molecule has 14 heteroatoms. The Morgan fingerprint density at radius 1 is 0.932 bits per heavy atom. The topological polar surface area (TPSA) is 167 Å². The van der Waals surface area contributed by atoms with Crippen molar-refractivity contribution in [2.75, 3.05) is 45.6 Å². The van der Waals surface area contributed by atoms with Crippen molar-refractivity contribution in [2.24, 2.45) is 0 Å². The van der Waals surface area contributed by atoms with Gasteiger partial charge in [-0.2, -0.15) is 4.98 Å². The van der Waals surface area contributed by atoms with Crippen molar-refractivity contribution in [1.29, 1.82) is 0 Å². The smallest absolute Gasteiger partial charge is 0.777 e. The number of ether oxygens (including phenoxy) is 3. The monoisotopic (exact) mass is 651 g/mol. The number of nitrogen functional groups attached to an aromatic ring is 1. The number of aromatic amines is 1. The third kappa shape index (κ3) is 18.4. The fourth-order valence-electron chi connectivity index (χ4n) is 4.99. The molecule has 0 aliphatic heterocycles. The number of rotatable bonds is 28. The molecule has 0 spiro atoms. The van der Waals surface area contributed by atoms with Gasteiger partial charge in [0.15, 0.2) is 18.8 Å². The van der Waals surface area contributed by atoms with Crippen LogP contribution in [0.5, 0.6) is 0 Å². The fraction of sp³-hybridized carbons (Fsp3) is 0.833. The molecule has 0 aliphatic rings. The first-order chi connectivity index (χ1) is 20.9. The summed E-state index contributed by atoms with van der Waals surface area (Å²) < 4.78 is 35.2. The van der Waals surface area contributed by atoms with Gasteiger partial charge < -0.3 is 38.5 Å². The Hall–Kier alpha value is -0.820. The van der Waals surface area contributed by atoms with Crippen molar-refractivity contribution in [3.8, 4) is 0 Å². The van der Waals surface area contributed by atoms with E-state index >= 15 is 0 Å². The summed E-state index contributed by atoms with van der Waals surface area (Å²) in [5.41, 5.74) is 5.57. The van der Waals surface area contributed by atoms with Gasteiger partial charge >= 0.3 is 29.6 Å². The molecule has 2 aromatic rings. The second-order valence-electron chi connectivity index (χ2n) is 11.3. The van der Waals surface area contributed by atoms with E-state index in [2.05, 4.69) is 21.9 Å². The maximum Gasteiger partial charge on any atom is 1.00 e. The molecule has 2 aromatic heterocycles. The van der Waals surface area contributed by atoms with Gasteiger partial charge in [-0.3, -0.25) is 9.78 Å². The molecule has 0 fully saturated rings. The minimum atomic E-state index is -4.24. The molecule has 1 unspecified atom stereocenters. The van der Waals surface area contributed by atoms with Gasteiger partial charge in [-0.15, -0.1) is 0 Å². The molecule has 0 aromatic carbocycles. The second-order valence-corrected chi connectivity index (χ2v) is 13.0. The number of H-pyrrole nitrogens is 1. The predicted octanol–water partition coefficient (Wildman–Crippen LogP) is 2.54. The largest absolute Gasteiger partial charge is 1.00 e. The van der Waals surface area contributed by atoms with Gasteiger partial charge in [0, 0.05) is 13.7 Å². The van der Waals surface area contributed by atoms with Gasteiger partial charge in [0.25, 0.3) is 5.56 Å². The number of hydrogen-bond donors (Lipinski definition) is 2. The van der Waals surface area contributed by atoms with Crippen LogP contribution in [0.4, 0.5) is 5.95 Å². The van der Waals surface area contributed by atoms with Gasteiger partial charge in [-0.1, -0.05) is 103 Å². The number of nitrogens with one attached hydrogen (secondary N) is 1. The number of nitrogens with two attached hydrogens (primary N) is 1. The van der Waals surface area contributed by atoms with Crippen molar-refractivity contribution in [1.82, 2.24) is 19.5 Å². The van der Waals surface area contributed by atoms with Gasteiger partial charge in [-0.05, 0) is 6.42 Å². The van der Waals surface area contributed by atoms with Gasteiger partial charge in [0.2, 0.25) is 5.95 Å². The first kappa shape index (κ1) is 41.2. The Kier molecular flexibility index (Phi) is 23.7. The van der Waals surface area contributed by atoms with Crippen LogP contribution in [0.15, 0.2) is 11.1 Å². The van der Waals surface area contributed by atoms with Crippen molar-refractivity contribution < 1.29 is 57.8 Å². The first-order valence-corrected chi connectivity index (χ1v) is 17.9.